The third-order valence-corrected chi connectivity index (χ3v) is 3.06. The van der Waals surface area contributed by atoms with Gasteiger partial charge in [-0.05, 0) is 22.3 Å². The smallest absolute Gasteiger partial charge is 0.128 e. The first-order valence-electron chi connectivity index (χ1n) is 5.88. The number of hydrogen-bond acceptors (Lipinski definition) is 3. The Morgan fingerprint density at radius 3 is 2.44 bits per heavy atom. The molecule has 18 heavy (non-hydrogen) atoms. The van der Waals surface area contributed by atoms with Crippen molar-refractivity contribution in [3.8, 4) is 5.75 Å². The molecule has 3 nitrogen and oxygen atoms in total. The van der Waals surface area contributed by atoms with Gasteiger partial charge in [0.2, 0.25) is 0 Å². The Morgan fingerprint density at radius 2 is 1.83 bits per heavy atom. The third kappa shape index (κ3) is 2.04. The molecule has 0 saturated carbocycles. The number of benzene rings is 2. The molecule has 0 aromatic heterocycles. The SMILES string of the molecule is CC(C)(C)c1cc2ccccc2c(/C=N/O)c1O. The summed E-state index contributed by atoms with van der Waals surface area (Å²) in [6.07, 6.45) is 1.28. The van der Waals surface area contributed by atoms with E-state index in [9.17, 15) is 5.11 Å². The first-order chi connectivity index (χ1) is 8.45. The van der Waals surface area contributed by atoms with Crippen molar-refractivity contribution in [1.82, 2.24) is 0 Å². The van der Waals surface area contributed by atoms with Crippen LogP contribution in [0.3, 0.4) is 0 Å². The van der Waals surface area contributed by atoms with E-state index >= 15 is 0 Å². The minimum atomic E-state index is -0.174. The van der Waals surface area contributed by atoms with E-state index in [0.717, 1.165) is 16.3 Å². The molecule has 3 heteroatoms. The maximum atomic E-state index is 10.4. The number of oxime groups is 1. The Morgan fingerprint density at radius 1 is 1.17 bits per heavy atom. The maximum absolute atomic E-state index is 10.4. The molecule has 0 amide bonds. The van der Waals surface area contributed by atoms with Crippen LogP contribution in [-0.2, 0) is 5.41 Å². The van der Waals surface area contributed by atoms with Gasteiger partial charge in [-0.25, -0.2) is 0 Å². The summed E-state index contributed by atoms with van der Waals surface area (Å²) in [6.45, 7) is 6.12. The lowest BCUT2D eigenvalue weighted by atomic mass is 9.83. The van der Waals surface area contributed by atoms with E-state index in [0.29, 0.717) is 5.56 Å². The zero-order chi connectivity index (χ0) is 13.3. The summed E-state index contributed by atoms with van der Waals surface area (Å²) in [7, 11) is 0. The van der Waals surface area contributed by atoms with Crippen LogP contribution in [0.1, 0.15) is 31.9 Å². The molecule has 0 aliphatic heterocycles. The summed E-state index contributed by atoms with van der Waals surface area (Å²) >= 11 is 0. The normalized spacial score (nSPS) is 12.4. The Labute approximate surface area is 106 Å². The van der Waals surface area contributed by atoms with Crippen molar-refractivity contribution in [1.29, 1.82) is 0 Å². The fourth-order valence-corrected chi connectivity index (χ4v) is 2.12. The summed E-state index contributed by atoms with van der Waals surface area (Å²) in [5.74, 6) is 0.180. The van der Waals surface area contributed by atoms with Crippen molar-refractivity contribution in [3.05, 3.63) is 41.5 Å². The van der Waals surface area contributed by atoms with Gasteiger partial charge in [0.25, 0.3) is 0 Å². The Hall–Kier alpha value is -2.03. The first-order valence-corrected chi connectivity index (χ1v) is 5.88. The van der Waals surface area contributed by atoms with E-state index in [1.54, 1.807) is 0 Å². The zero-order valence-electron chi connectivity index (χ0n) is 10.8. The fourth-order valence-electron chi connectivity index (χ4n) is 2.12. The van der Waals surface area contributed by atoms with Gasteiger partial charge in [-0.15, -0.1) is 0 Å². The number of phenolic OH excluding ortho intramolecular Hbond substituents is 1. The van der Waals surface area contributed by atoms with Crippen molar-refractivity contribution in [2.45, 2.75) is 26.2 Å². The van der Waals surface area contributed by atoms with Crippen LogP contribution in [0.25, 0.3) is 10.8 Å². The quantitative estimate of drug-likeness (QED) is 0.456. The Kier molecular flexibility index (Phi) is 2.99. The van der Waals surface area contributed by atoms with Crippen LogP contribution in [0.5, 0.6) is 5.75 Å². The lowest BCUT2D eigenvalue weighted by molar-refractivity contribution is 0.321. The molecule has 0 fully saturated rings. The lowest BCUT2D eigenvalue weighted by Crippen LogP contribution is -2.12. The van der Waals surface area contributed by atoms with Crippen LogP contribution >= 0.6 is 0 Å². The van der Waals surface area contributed by atoms with Crippen LogP contribution in [0.2, 0.25) is 0 Å². The third-order valence-electron chi connectivity index (χ3n) is 3.06. The van der Waals surface area contributed by atoms with E-state index < -0.39 is 0 Å². The van der Waals surface area contributed by atoms with Gasteiger partial charge in [-0.2, -0.15) is 0 Å². The van der Waals surface area contributed by atoms with Gasteiger partial charge >= 0.3 is 0 Å². The zero-order valence-corrected chi connectivity index (χ0v) is 10.8. The second-order valence-electron chi connectivity index (χ2n) is 5.40. The molecule has 2 aromatic carbocycles. The number of fused-ring (bicyclic) bond motifs is 1. The minimum Gasteiger partial charge on any atom is -0.507 e. The van der Waals surface area contributed by atoms with Crippen LogP contribution in [-0.4, -0.2) is 16.5 Å². The van der Waals surface area contributed by atoms with E-state index in [1.165, 1.54) is 6.21 Å². The molecule has 2 rings (SSSR count). The summed E-state index contributed by atoms with van der Waals surface area (Å²) < 4.78 is 0. The van der Waals surface area contributed by atoms with Crippen LogP contribution < -0.4 is 0 Å². The van der Waals surface area contributed by atoms with E-state index in [1.807, 2.05) is 51.1 Å². The molecule has 2 N–H and O–H groups in total. The molecule has 0 atom stereocenters. The number of aromatic hydroxyl groups is 1. The molecule has 0 saturated heterocycles. The molecular formula is C15H17NO2. The summed E-state index contributed by atoms with van der Waals surface area (Å²) in [6, 6.07) is 9.72. The highest BCUT2D eigenvalue weighted by atomic mass is 16.4. The van der Waals surface area contributed by atoms with Crippen molar-refractivity contribution in [2.75, 3.05) is 0 Å². The van der Waals surface area contributed by atoms with Gasteiger partial charge in [0.1, 0.15) is 5.75 Å². The van der Waals surface area contributed by atoms with Gasteiger partial charge < -0.3 is 10.3 Å². The number of phenols is 1. The van der Waals surface area contributed by atoms with Gasteiger partial charge in [0, 0.05) is 11.1 Å². The van der Waals surface area contributed by atoms with Crippen LogP contribution in [0, 0.1) is 0 Å². The fraction of sp³-hybridized carbons (Fsp3) is 0.267. The van der Waals surface area contributed by atoms with E-state index in [2.05, 4.69) is 5.16 Å². The van der Waals surface area contributed by atoms with Crippen molar-refractivity contribution < 1.29 is 10.3 Å². The molecule has 0 bridgehead atoms. The largest absolute Gasteiger partial charge is 0.507 e. The predicted molar refractivity (Wildman–Crippen MR) is 73.7 cm³/mol. The Balaban J connectivity index is 2.88. The molecule has 0 heterocycles. The molecule has 0 aliphatic rings. The van der Waals surface area contributed by atoms with Gasteiger partial charge in [0.05, 0.1) is 6.21 Å². The molecule has 0 spiro atoms. The minimum absolute atomic E-state index is 0.174. The molecule has 0 radical (unpaired) electrons. The van der Waals surface area contributed by atoms with Crippen LogP contribution in [0.4, 0.5) is 0 Å². The van der Waals surface area contributed by atoms with E-state index in [-0.39, 0.29) is 11.2 Å². The molecule has 0 unspecified atom stereocenters. The monoisotopic (exact) mass is 243 g/mol. The second-order valence-corrected chi connectivity index (χ2v) is 5.40. The molecule has 94 valence electrons. The van der Waals surface area contributed by atoms with Crippen molar-refractivity contribution in [2.24, 2.45) is 5.16 Å². The average Bonchev–Trinajstić information content (AvgIpc) is 2.31. The second kappa shape index (κ2) is 4.33. The molecule has 2 aromatic rings. The van der Waals surface area contributed by atoms with Crippen molar-refractivity contribution in [3.63, 3.8) is 0 Å². The first kappa shape index (κ1) is 12.4. The number of nitrogens with zero attached hydrogens (tertiary/aromatic N) is 1. The summed E-state index contributed by atoms with van der Waals surface area (Å²) in [4.78, 5) is 0. The summed E-state index contributed by atoms with van der Waals surface area (Å²) in [5, 5.41) is 24.1. The predicted octanol–water partition coefficient (Wildman–Crippen LogP) is 3.65. The maximum Gasteiger partial charge on any atom is 0.128 e. The van der Waals surface area contributed by atoms with Crippen LogP contribution in [0.15, 0.2) is 35.5 Å². The number of hydrogen-bond donors (Lipinski definition) is 2. The highest BCUT2D eigenvalue weighted by molar-refractivity contribution is 6.03. The Bertz CT molecular complexity index is 610. The van der Waals surface area contributed by atoms with Gasteiger partial charge in [-0.3, -0.25) is 0 Å². The van der Waals surface area contributed by atoms with Gasteiger partial charge in [-0.1, -0.05) is 50.2 Å². The lowest BCUT2D eigenvalue weighted by Gasteiger charge is -2.22. The molecule has 0 aliphatic carbocycles. The van der Waals surface area contributed by atoms with Gasteiger partial charge in [0.15, 0.2) is 0 Å². The van der Waals surface area contributed by atoms with Crippen molar-refractivity contribution >= 4 is 17.0 Å². The number of rotatable bonds is 1. The highest BCUT2D eigenvalue weighted by Gasteiger charge is 2.21. The summed E-state index contributed by atoms with van der Waals surface area (Å²) in [5.41, 5.74) is 1.23. The standard InChI is InChI=1S/C15H17NO2/c1-15(2,3)13-8-10-6-4-5-7-11(10)12(9-16-18)14(13)17/h4-9,17-18H,1-3H3/b16-9+. The van der Waals surface area contributed by atoms with E-state index in [4.69, 9.17) is 5.21 Å². The highest BCUT2D eigenvalue weighted by Crippen LogP contribution is 2.37. The average molecular weight is 243 g/mol. The topological polar surface area (TPSA) is 52.8 Å². The molecular weight excluding hydrogens is 226 g/mol.